The molecule has 0 spiro atoms. The summed E-state index contributed by atoms with van der Waals surface area (Å²) in [4.78, 5) is 29.3. The Bertz CT molecular complexity index is 915. The summed E-state index contributed by atoms with van der Waals surface area (Å²) in [5.41, 5.74) is 1.09. The zero-order valence-corrected chi connectivity index (χ0v) is 18.2. The van der Waals surface area contributed by atoms with Gasteiger partial charge in [-0.3, -0.25) is 9.59 Å². The van der Waals surface area contributed by atoms with Crippen LogP contribution in [0.5, 0.6) is 5.75 Å². The monoisotopic (exact) mass is 434 g/mol. The molecule has 2 amide bonds. The van der Waals surface area contributed by atoms with Crippen molar-refractivity contribution in [1.29, 1.82) is 0 Å². The Morgan fingerprint density at radius 3 is 2.55 bits per heavy atom. The molecule has 8 heteroatoms. The normalized spacial score (nSPS) is 23.9. The van der Waals surface area contributed by atoms with Crippen LogP contribution in [-0.4, -0.2) is 73.8 Å². The van der Waals surface area contributed by atoms with Crippen LogP contribution in [0.4, 0.5) is 8.78 Å². The molecule has 3 rings (SSSR count). The van der Waals surface area contributed by atoms with Crippen molar-refractivity contribution >= 4 is 11.8 Å². The second-order valence-electron chi connectivity index (χ2n) is 7.72. The number of halogens is 2. The average molecular weight is 434 g/mol. The summed E-state index contributed by atoms with van der Waals surface area (Å²) in [5.74, 6) is -1.12. The minimum Gasteiger partial charge on any atom is -0.497 e. The highest BCUT2D eigenvalue weighted by Gasteiger charge is 2.37. The van der Waals surface area contributed by atoms with Gasteiger partial charge in [-0.05, 0) is 43.2 Å². The van der Waals surface area contributed by atoms with Gasteiger partial charge in [-0.15, -0.1) is 0 Å². The van der Waals surface area contributed by atoms with E-state index in [0.29, 0.717) is 30.8 Å². The molecule has 0 saturated carbocycles. The van der Waals surface area contributed by atoms with Crippen LogP contribution in [-0.2, 0) is 9.53 Å². The van der Waals surface area contributed by atoms with Gasteiger partial charge in [0.05, 0.1) is 12.7 Å². The number of carbonyl (C=O) groups excluding carboxylic acids is 2. The van der Waals surface area contributed by atoms with Crippen molar-refractivity contribution < 1.29 is 27.8 Å². The number of alkyl halides is 1. The van der Waals surface area contributed by atoms with Crippen molar-refractivity contribution in [2.24, 2.45) is 0 Å². The molecule has 1 fully saturated rings. The third-order valence-electron chi connectivity index (χ3n) is 5.91. The Labute approximate surface area is 181 Å². The summed E-state index contributed by atoms with van der Waals surface area (Å²) < 4.78 is 38.8. The number of hydrogen-bond donors (Lipinski definition) is 0. The standard InChI is InChI=1S/C23H28F2N2O4/c1-5-15-13-26(22(28)17-7-6-16(30-3)12-14(17)2)10-11-27(15)23(29)18-8-9-19(31-4)21(25)20(18)24/h6-9,12,15,19,21H,5,10-11,13H2,1-4H3. The van der Waals surface area contributed by atoms with Crippen LogP contribution in [0.25, 0.3) is 0 Å². The molecule has 1 aliphatic heterocycles. The molecule has 6 nitrogen and oxygen atoms in total. The number of rotatable bonds is 5. The van der Waals surface area contributed by atoms with E-state index >= 15 is 0 Å². The molecule has 0 bridgehead atoms. The lowest BCUT2D eigenvalue weighted by Gasteiger charge is -2.41. The van der Waals surface area contributed by atoms with Gasteiger partial charge >= 0.3 is 0 Å². The van der Waals surface area contributed by atoms with Crippen LogP contribution in [0.3, 0.4) is 0 Å². The first kappa shape index (κ1) is 22.9. The van der Waals surface area contributed by atoms with Gasteiger partial charge in [0.25, 0.3) is 11.8 Å². The van der Waals surface area contributed by atoms with Gasteiger partial charge in [-0.1, -0.05) is 13.0 Å². The minimum absolute atomic E-state index is 0.125. The molecule has 0 N–H and O–H groups in total. The zero-order chi connectivity index (χ0) is 22.7. The molecule has 0 aromatic heterocycles. The number of piperazine rings is 1. The van der Waals surface area contributed by atoms with Gasteiger partial charge in [0.1, 0.15) is 17.7 Å². The molecule has 1 aliphatic carbocycles. The van der Waals surface area contributed by atoms with Gasteiger partial charge in [0.15, 0.2) is 6.17 Å². The molecular weight excluding hydrogens is 406 g/mol. The first-order valence-electron chi connectivity index (χ1n) is 10.3. The summed E-state index contributed by atoms with van der Waals surface area (Å²) in [7, 11) is 2.86. The quantitative estimate of drug-likeness (QED) is 0.714. The largest absolute Gasteiger partial charge is 0.497 e. The van der Waals surface area contributed by atoms with Crippen molar-refractivity contribution in [3.05, 3.63) is 52.9 Å². The van der Waals surface area contributed by atoms with E-state index in [1.807, 2.05) is 13.8 Å². The van der Waals surface area contributed by atoms with Gasteiger partial charge in [0, 0.05) is 38.3 Å². The minimum atomic E-state index is -2.00. The van der Waals surface area contributed by atoms with E-state index in [2.05, 4.69) is 0 Å². The van der Waals surface area contributed by atoms with E-state index in [9.17, 15) is 18.4 Å². The van der Waals surface area contributed by atoms with Gasteiger partial charge in [-0.25, -0.2) is 8.78 Å². The highest BCUT2D eigenvalue weighted by molar-refractivity contribution is 5.98. The molecule has 1 aromatic rings. The Kier molecular flexibility index (Phi) is 7.10. The number of nitrogens with zero attached hydrogens (tertiary/aromatic N) is 2. The maximum Gasteiger partial charge on any atom is 0.256 e. The topological polar surface area (TPSA) is 59.1 Å². The molecule has 1 heterocycles. The number of carbonyl (C=O) groups is 2. The fraction of sp³-hybridized carbons (Fsp3) is 0.478. The molecule has 1 aromatic carbocycles. The fourth-order valence-corrected chi connectivity index (χ4v) is 4.02. The van der Waals surface area contributed by atoms with E-state index < -0.39 is 24.0 Å². The SMILES string of the molecule is CCC1CN(C(=O)c2ccc(OC)cc2C)CCN1C(=O)C1=C(F)C(F)C(OC)C=C1. The van der Waals surface area contributed by atoms with Crippen molar-refractivity contribution in [2.75, 3.05) is 33.9 Å². The maximum atomic E-state index is 14.5. The average Bonchev–Trinajstić information content (AvgIpc) is 2.79. The molecule has 0 radical (unpaired) electrons. The first-order chi connectivity index (χ1) is 14.8. The highest BCUT2D eigenvalue weighted by atomic mass is 19.2. The summed E-state index contributed by atoms with van der Waals surface area (Å²) in [6.45, 7) is 4.62. The molecule has 3 unspecified atom stereocenters. The van der Waals surface area contributed by atoms with Crippen LogP contribution in [0.15, 0.2) is 41.8 Å². The lowest BCUT2D eigenvalue weighted by Crippen LogP contribution is -2.56. The van der Waals surface area contributed by atoms with Crippen LogP contribution < -0.4 is 4.74 Å². The molecule has 168 valence electrons. The summed E-state index contributed by atoms with van der Waals surface area (Å²) in [6.07, 6.45) is 0.173. The second kappa shape index (κ2) is 9.60. The Balaban J connectivity index is 1.75. The summed E-state index contributed by atoms with van der Waals surface area (Å²) in [6, 6.07) is 4.98. The number of benzene rings is 1. The number of aryl methyl sites for hydroxylation is 1. The van der Waals surface area contributed by atoms with Crippen molar-refractivity contribution in [3.63, 3.8) is 0 Å². The smallest absolute Gasteiger partial charge is 0.256 e. The van der Waals surface area contributed by atoms with Crippen molar-refractivity contribution in [1.82, 2.24) is 9.80 Å². The van der Waals surface area contributed by atoms with Gasteiger partial charge in [-0.2, -0.15) is 0 Å². The van der Waals surface area contributed by atoms with Crippen LogP contribution in [0, 0.1) is 6.92 Å². The summed E-state index contributed by atoms with van der Waals surface area (Å²) in [5, 5.41) is 0. The highest BCUT2D eigenvalue weighted by Crippen LogP contribution is 2.29. The lowest BCUT2D eigenvalue weighted by molar-refractivity contribution is -0.131. The Morgan fingerprint density at radius 1 is 1.19 bits per heavy atom. The molecular formula is C23H28F2N2O4. The lowest BCUT2D eigenvalue weighted by atomic mass is 9.98. The molecule has 2 aliphatic rings. The van der Waals surface area contributed by atoms with E-state index in [0.717, 1.165) is 5.56 Å². The van der Waals surface area contributed by atoms with Gasteiger partial charge < -0.3 is 19.3 Å². The number of hydrogen-bond acceptors (Lipinski definition) is 4. The molecule has 31 heavy (non-hydrogen) atoms. The van der Waals surface area contributed by atoms with Crippen molar-refractivity contribution in [2.45, 2.75) is 38.6 Å². The van der Waals surface area contributed by atoms with E-state index in [-0.39, 0.29) is 24.1 Å². The van der Waals surface area contributed by atoms with E-state index in [1.165, 1.54) is 24.2 Å². The Morgan fingerprint density at radius 2 is 1.94 bits per heavy atom. The fourth-order valence-electron chi connectivity index (χ4n) is 4.02. The van der Waals surface area contributed by atoms with E-state index in [4.69, 9.17) is 9.47 Å². The number of methoxy groups -OCH3 is 2. The predicted molar refractivity (Wildman–Crippen MR) is 112 cm³/mol. The molecule has 3 atom stereocenters. The zero-order valence-electron chi connectivity index (χ0n) is 18.2. The Hall–Kier alpha value is -2.74. The van der Waals surface area contributed by atoms with E-state index in [1.54, 1.807) is 30.2 Å². The first-order valence-corrected chi connectivity index (χ1v) is 10.3. The second-order valence-corrected chi connectivity index (χ2v) is 7.72. The van der Waals surface area contributed by atoms with Crippen LogP contribution in [0.2, 0.25) is 0 Å². The van der Waals surface area contributed by atoms with Gasteiger partial charge in [0.2, 0.25) is 0 Å². The predicted octanol–water partition coefficient (Wildman–Crippen LogP) is 3.21. The third-order valence-corrected chi connectivity index (χ3v) is 5.91. The van der Waals surface area contributed by atoms with Crippen molar-refractivity contribution in [3.8, 4) is 5.75 Å². The van der Waals surface area contributed by atoms with Crippen LogP contribution in [0.1, 0.15) is 29.3 Å². The number of ether oxygens (including phenoxy) is 2. The third kappa shape index (κ3) is 4.49. The maximum absolute atomic E-state index is 14.5. The molecule has 1 saturated heterocycles. The van der Waals surface area contributed by atoms with Crippen LogP contribution >= 0.6 is 0 Å². The summed E-state index contributed by atoms with van der Waals surface area (Å²) >= 11 is 0. The number of amides is 2.